The quantitative estimate of drug-likeness (QED) is 0.486. The summed E-state index contributed by atoms with van der Waals surface area (Å²) in [6.45, 7) is 7.71. The largest absolute Gasteiger partial charge is 0.463 e. The first-order valence-electron chi connectivity index (χ1n) is 11.1. The van der Waals surface area contributed by atoms with Gasteiger partial charge in [0.2, 0.25) is 0 Å². The van der Waals surface area contributed by atoms with Gasteiger partial charge in [0, 0.05) is 12.3 Å². The number of hydrogen-bond acceptors (Lipinski definition) is 4. The van der Waals surface area contributed by atoms with Crippen LogP contribution in [0, 0.1) is 34.5 Å². The zero-order valence-electron chi connectivity index (χ0n) is 17.7. The fraction of sp³-hybridized carbons (Fsp3) is 0.913. The summed E-state index contributed by atoms with van der Waals surface area (Å²) in [5, 5.41) is 11.5. The Morgan fingerprint density at radius 3 is 2.36 bits per heavy atom. The molecule has 4 rings (SSSR count). The van der Waals surface area contributed by atoms with Crippen LogP contribution in [0.15, 0.2) is 0 Å². The average molecular weight is 455 g/mol. The van der Waals surface area contributed by atoms with Gasteiger partial charge in [-0.2, -0.15) is 0 Å². The highest BCUT2D eigenvalue weighted by Crippen LogP contribution is 2.69. The van der Waals surface area contributed by atoms with Crippen molar-refractivity contribution >= 4 is 27.7 Å². The van der Waals surface area contributed by atoms with E-state index >= 15 is 0 Å². The molecule has 0 unspecified atom stereocenters. The molecule has 0 aromatic carbocycles. The Morgan fingerprint density at radius 1 is 1.00 bits per heavy atom. The fourth-order valence-corrected chi connectivity index (χ4v) is 9.41. The van der Waals surface area contributed by atoms with E-state index in [1.54, 1.807) is 6.92 Å². The normalized spacial score (nSPS) is 52.9. The lowest BCUT2D eigenvalue weighted by Gasteiger charge is -2.61. The van der Waals surface area contributed by atoms with Crippen LogP contribution in [0.1, 0.15) is 79.1 Å². The molecule has 4 aliphatic rings. The smallest absolute Gasteiger partial charge is 0.302 e. The van der Waals surface area contributed by atoms with Crippen LogP contribution in [0.5, 0.6) is 0 Å². The van der Waals surface area contributed by atoms with Crippen LogP contribution in [0.25, 0.3) is 0 Å². The first-order chi connectivity index (χ1) is 13.0. The van der Waals surface area contributed by atoms with Crippen molar-refractivity contribution in [2.75, 3.05) is 0 Å². The summed E-state index contributed by atoms with van der Waals surface area (Å²) in [4.78, 5) is 23.8. The number of rotatable bonds is 2. The van der Waals surface area contributed by atoms with E-state index in [4.69, 9.17) is 4.74 Å². The molecule has 158 valence electrons. The number of ketones is 1. The van der Waals surface area contributed by atoms with Gasteiger partial charge in [-0.15, -0.1) is 0 Å². The molecule has 5 heteroatoms. The van der Waals surface area contributed by atoms with Crippen LogP contribution in [0.4, 0.5) is 0 Å². The summed E-state index contributed by atoms with van der Waals surface area (Å²) in [6, 6.07) is 0. The molecule has 4 fully saturated rings. The summed E-state index contributed by atoms with van der Waals surface area (Å²) in [5.41, 5.74) is -1.28. The van der Waals surface area contributed by atoms with E-state index in [0.29, 0.717) is 29.1 Å². The zero-order valence-corrected chi connectivity index (χ0v) is 19.3. The third-order valence-electron chi connectivity index (χ3n) is 9.66. The minimum atomic E-state index is -1.24. The van der Waals surface area contributed by atoms with Crippen LogP contribution in [-0.4, -0.2) is 33.4 Å². The number of Topliss-reactive ketones (excluding diaryl/α,β-unsaturated/α-hetero) is 1. The predicted octanol–water partition coefficient (Wildman–Crippen LogP) is 4.65. The second-order valence-electron chi connectivity index (χ2n) is 10.6. The van der Waals surface area contributed by atoms with E-state index in [0.717, 1.165) is 38.5 Å². The number of ether oxygens (including phenoxy) is 1. The Bertz CT molecular complexity index is 680. The average Bonchev–Trinajstić information content (AvgIpc) is 2.83. The van der Waals surface area contributed by atoms with E-state index in [1.807, 2.05) is 0 Å². The van der Waals surface area contributed by atoms with Crippen molar-refractivity contribution in [1.29, 1.82) is 0 Å². The first kappa shape index (κ1) is 20.8. The summed E-state index contributed by atoms with van der Waals surface area (Å²) in [6.07, 6.45) is 8.43. The molecule has 0 aromatic heterocycles. The Balaban J connectivity index is 1.59. The third-order valence-corrected chi connectivity index (χ3v) is 10.7. The van der Waals surface area contributed by atoms with E-state index in [1.165, 1.54) is 19.8 Å². The maximum Gasteiger partial charge on any atom is 0.302 e. The molecule has 0 aromatic rings. The Hall–Kier alpha value is -0.420. The van der Waals surface area contributed by atoms with Gasteiger partial charge in [0.05, 0.1) is 4.83 Å². The zero-order chi connectivity index (χ0) is 20.5. The molecule has 4 nitrogen and oxygen atoms in total. The van der Waals surface area contributed by atoms with Crippen molar-refractivity contribution in [1.82, 2.24) is 0 Å². The molecule has 0 bridgehead atoms. The topological polar surface area (TPSA) is 63.6 Å². The molecule has 0 radical (unpaired) electrons. The maximum absolute atomic E-state index is 12.5. The van der Waals surface area contributed by atoms with Crippen molar-refractivity contribution in [3.8, 4) is 0 Å². The number of alkyl halides is 1. The lowest BCUT2D eigenvalue weighted by molar-refractivity contribution is -0.174. The van der Waals surface area contributed by atoms with E-state index in [-0.39, 0.29) is 28.1 Å². The second-order valence-corrected chi connectivity index (χ2v) is 11.8. The minimum absolute atomic E-state index is 0.0837. The van der Waals surface area contributed by atoms with Crippen LogP contribution in [0.3, 0.4) is 0 Å². The Labute approximate surface area is 177 Å². The first-order valence-corrected chi connectivity index (χ1v) is 12.0. The number of fused-ring (bicyclic) bond motifs is 5. The number of hydrogen-bond donors (Lipinski definition) is 1. The van der Waals surface area contributed by atoms with Crippen LogP contribution >= 0.6 is 15.9 Å². The van der Waals surface area contributed by atoms with Crippen molar-refractivity contribution in [2.45, 2.75) is 95.6 Å². The Morgan fingerprint density at radius 2 is 1.71 bits per heavy atom. The standard InChI is InChI=1S/C23H35BrO4/c1-13(25)23(27)20(24)12-19-17-6-5-15-11-16(28-14(2)26)7-9-21(15,3)18(17)8-10-22(19,23)4/h15-20,27H,5-12H2,1-4H3/t15-,16-,17-,18+,19-,20+,21-,22+,23+/m0/s1. The van der Waals surface area contributed by atoms with Crippen LogP contribution < -0.4 is 0 Å². The molecule has 28 heavy (non-hydrogen) atoms. The third kappa shape index (κ3) is 2.71. The van der Waals surface area contributed by atoms with Gasteiger partial charge in [-0.05, 0) is 87.4 Å². The van der Waals surface area contributed by atoms with Gasteiger partial charge in [0.1, 0.15) is 11.7 Å². The van der Waals surface area contributed by atoms with Crippen LogP contribution in [0.2, 0.25) is 0 Å². The molecule has 4 aliphatic carbocycles. The van der Waals surface area contributed by atoms with Gasteiger partial charge in [0.25, 0.3) is 0 Å². The number of carbonyl (C=O) groups is 2. The predicted molar refractivity (Wildman–Crippen MR) is 111 cm³/mol. The highest BCUT2D eigenvalue weighted by Gasteiger charge is 2.69. The number of halogens is 1. The van der Waals surface area contributed by atoms with Gasteiger partial charge in [-0.25, -0.2) is 0 Å². The van der Waals surface area contributed by atoms with Gasteiger partial charge in [-0.1, -0.05) is 29.8 Å². The number of aliphatic hydroxyl groups is 1. The van der Waals surface area contributed by atoms with Gasteiger partial charge in [-0.3, -0.25) is 9.59 Å². The van der Waals surface area contributed by atoms with Crippen molar-refractivity contribution in [2.24, 2.45) is 34.5 Å². The molecule has 0 aliphatic heterocycles. The van der Waals surface area contributed by atoms with Crippen molar-refractivity contribution in [3.63, 3.8) is 0 Å². The lowest BCUT2D eigenvalue weighted by Crippen LogP contribution is -2.60. The summed E-state index contributed by atoms with van der Waals surface area (Å²) in [5.74, 6) is 2.00. The van der Waals surface area contributed by atoms with Crippen LogP contribution in [-0.2, 0) is 14.3 Å². The number of carbonyl (C=O) groups excluding carboxylic acids is 2. The maximum atomic E-state index is 12.5. The summed E-state index contributed by atoms with van der Waals surface area (Å²) in [7, 11) is 0. The lowest BCUT2D eigenvalue weighted by atomic mass is 9.44. The molecular formula is C23H35BrO4. The molecule has 0 amide bonds. The molecule has 1 N–H and O–H groups in total. The molecule has 4 saturated carbocycles. The molecule has 0 spiro atoms. The Kier molecular flexibility index (Phi) is 5.06. The second kappa shape index (κ2) is 6.80. The van der Waals surface area contributed by atoms with Gasteiger partial charge < -0.3 is 9.84 Å². The van der Waals surface area contributed by atoms with E-state index in [9.17, 15) is 14.7 Å². The highest BCUT2D eigenvalue weighted by atomic mass is 79.9. The molecular weight excluding hydrogens is 420 g/mol. The molecule has 0 saturated heterocycles. The van der Waals surface area contributed by atoms with Crippen molar-refractivity contribution in [3.05, 3.63) is 0 Å². The van der Waals surface area contributed by atoms with Gasteiger partial charge >= 0.3 is 5.97 Å². The minimum Gasteiger partial charge on any atom is -0.463 e. The number of esters is 1. The van der Waals surface area contributed by atoms with Crippen molar-refractivity contribution < 1.29 is 19.4 Å². The monoisotopic (exact) mass is 454 g/mol. The van der Waals surface area contributed by atoms with E-state index in [2.05, 4.69) is 29.8 Å². The molecule has 0 heterocycles. The molecule has 9 atom stereocenters. The van der Waals surface area contributed by atoms with Gasteiger partial charge in [0.15, 0.2) is 5.78 Å². The highest BCUT2D eigenvalue weighted by molar-refractivity contribution is 9.09. The fourth-order valence-electron chi connectivity index (χ4n) is 8.16. The summed E-state index contributed by atoms with van der Waals surface area (Å²) < 4.78 is 5.56. The summed E-state index contributed by atoms with van der Waals surface area (Å²) >= 11 is 3.70. The van der Waals surface area contributed by atoms with E-state index < -0.39 is 5.60 Å². The SMILES string of the molecule is CC(=O)O[C@H]1CC[C@@]2(C)[C@@H](CC[C@H]3[C@H]2CC[C@]2(C)[C@H]3C[C@@H](Br)[C@]2(O)C(C)=O)C1.